The molecule has 4 rings (SSSR count). The van der Waals surface area contributed by atoms with E-state index in [1.807, 2.05) is 0 Å². The lowest BCUT2D eigenvalue weighted by Crippen LogP contribution is -2.71. The van der Waals surface area contributed by atoms with E-state index in [2.05, 4.69) is 36.0 Å². The summed E-state index contributed by atoms with van der Waals surface area (Å²) in [6.45, 7) is 0. The predicted octanol–water partition coefficient (Wildman–Crippen LogP) is -1.54. The molecule has 1 fully saturated rings. The molecule has 2 aromatic heterocycles. The van der Waals surface area contributed by atoms with Crippen molar-refractivity contribution in [3.8, 4) is 0 Å². The molecule has 17 heteroatoms. The molecule has 2 atom stereocenters. The van der Waals surface area contributed by atoms with Gasteiger partial charge in [0.15, 0.2) is 5.82 Å². The number of aliphatic carboxylic acids is 1. The second kappa shape index (κ2) is 9.64. The van der Waals surface area contributed by atoms with Crippen molar-refractivity contribution in [2.75, 3.05) is 24.3 Å². The van der Waals surface area contributed by atoms with Crippen LogP contribution in [-0.4, -0.2) is 93.7 Å². The number of nitrogen functional groups attached to an aromatic ring is 1. The zero-order chi connectivity index (χ0) is 24.4. The number of thioether (sulfide) groups is 2. The SMILES string of the molecule is CO/N=C(/C(=O)NC1C(=O)N2C(C(=O)O)=C(CSc3nnnn3C)CSC12)c1nccc(N)n1. The molecule has 178 valence electrons. The molecule has 2 unspecified atom stereocenters. The Morgan fingerprint density at radius 3 is 2.91 bits per heavy atom. The molecular weight excluding hydrogens is 488 g/mol. The molecule has 4 N–H and O–H groups in total. The number of carbonyl (C=O) groups is 3. The summed E-state index contributed by atoms with van der Waals surface area (Å²) in [6.07, 6.45) is 1.35. The number of aromatic nitrogens is 6. The number of nitrogens with one attached hydrogen (secondary N) is 1. The highest BCUT2D eigenvalue weighted by Gasteiger charge is 2.54. The van der Waals surface area contributed by atoms with Gasteiger partial charge < -0.3 is 21.0 Å². The number of nitrogens with two attached hydrogens (primary N) is 1. The second-order valence-corrected chi connectivity index (χ2v) is 8.97. The smallest absolute Gasteiger partial charge is 0.352 e. The lowest BCUT2D eigenvalue weighted by Gasteiger charge is -2.49. The maximum absolute atomic E-state index is 12.9. The highest BCUT2D eigenvalue weighted by molar-refractivity contribution is 8.01. The van der Waals surface area contributed by atoms with Crippen molar-refractivity contribution in [2.45, 2.75) is 16.6 Å². The summed E-state index contributed by atoms with van der Waals surface area (Å²) in [6, 6.07) is 0.473. The Bertz CT molecular complexity index is 1210. The predicted molar refractivity (Wildman–Crippen MR) is 119 cm³/mol. The van der Waals surface area contributed by atoms with E-state index in [4.69, 9.17) is 10.6 Å². The Balaban J connectivity index is 1.50. The highest BCUT2D eigenvalue weighted by atomic mass is 32.2. The third-order valence-corrected chi connectivity index (χ3v) is 7.22. The van der Waals surface area contributed by atoms with E-state index in [9.17, 15) is 19.5 Å². The molecule has 2 aliphatic rings. The van der Waals surface area contributed by atoms with E-state index >= 15 is 0 Å². The number of anilines is 1. The Labute approximate surface area is 200 Å². The standard InChI is InChI=1S/C17H18N10O5S2/c1-26-17(22-24-25-26)34-6-7-5-33-15-10(14(29)27(15)11(7)16(30)31)21-13(28)9(23-32-2)12-19-4-3-8(18)20-12/h3-4,10,15H,5-6H2,1-2H3,(H,21,28)(H,30,31)(H2,18,19,20)/b23-9+. The zero-order valence-electron chi connectivity index (χ0n) is 17.8. The number of hydrogen-bond acceptors (Lipinski definition) is 13. The number of amides is 2. The number of hydrogen-bond donors (Lipinski definition) is 3. The molecular formula is C17H18N10O5S2. The van der Waals surface area contributed by atoms with E-state index in [0.29, 0.717) is 16.5 Å². The van der Waals surface area contributed by atoms with Gasteiger partial charge in [0.2, 0.25) is 10.9 Å². The molecule has 15 nitrogen and oxygen atoms in total. The molecule has 2 amide bonds. The molecule has 34 heavy (non-hydrogen) atoms. The molecule has 2 aliphatic heterocycles. The number of fused-ring (bicyclic) bond motifs is 1. The summed E-state index contributed by atoms with van der Waals surface area (Å²) < 4.78 is 1.47. The van der Waals surface area contributed by atoms with Gasteiger partial charge in [-0.15, -0.1) is 16.9 Å². The van der Waals surface area contributed by atoms with Crippen LogP contribution in [0.15, 0.2) is 33.8 Å². The molecule has 0 aliphatic carbocycles. The van der Waals surface area contributed by atoms with Crippen LogP contribution in [0.1, 0.15) is 5.82 Å². The fraction of sp³-hybridized carbons (Fsp3) is 0.353. The van der Waals surface area contributed by atoms with Crippen LogP contribution >= 0.6 is 23.5 Å². The second-order valence-electron chi connectivity index (χ2n) is 6.92. The molecule has 0 aromatic carbocycles. The first-order valence-electron chi connectivity index (χ1n) is 9.57. The van der Waals surface area contributed by atoms with Crippen LogP contribution in [0, 0.1) is 0 Å². The quantitative estimate of drug-likeness (QED) is 0.161. The first-order valence-corrected chi connectivity index (χ1v) is 11.6. The number of aryl methyl sites for hydroxylation is 1. The third-order valence-electron chi connectivity index (χ3n) is 4.78. The van der Waals surface area contributed by atoms with Gasteiger partial charge in [-0.25, -0.2) is 19.4 Å². The van der Waals surface area contributed by atoms with Crippen LogP contribution in [0.3, 0.4) is 0 Å². The summed E-state index contributed by atoms with van der Waals surface area (Å²) in [4.78, 5) is 51.5. The number of oxime groups is 1. The maximum atomic E-state index is 12.9. The largest absolute Gasteiger partial charge is 0.477 e. The summed E-state index contributed by atoms with van der Waals surface area (Å²) in [5.41, 5.74) is 5.82. The van der Waals surface area contributed by atoms with Gasteiger partial charge in [0, 0.05) is 24.8 Å². The van der Waals surface area contributed by atoms with Crippen molar-refractivity contribution in [1.29, 1.82) is 0 Å². The van der Waals surface area contributed by atoms with E-state index in [0.717, 1.165) is 0 Å². The minimum absolute atomic E-state index is 0.0806. The van der Waals surface area contributed by atoms with Gasteiger partial charge >= 0.3 is 5.97 Å². The van der Waals surface area contributed by atoms with Gasteiger partial charge in [0.05, 0.1) is 0 Å². The van der Waals surface area contributed by atoms with Crippen molar-refractivity contribution in [3.05, 3.63) is 29.4 Å². The van der Waals surface area contributed by atoms with E-state index in [-0.39, 0.29) is 28.8 Å². The normalized spacial score (nSPS) is 20.0. The number of nitrogens with zero attached hydrogens (tertiary/aromatic N) is 8. The average Bonchev–Trinajstić information content (AvgIpc) is 3.23. The summed E-state index contributed by atoms with van der Waals surface area (Å²) in [5.74, 6) is -1.88. The number of carbonyl (C=O) groups excluding carboxylic acids is 2. The Hall–Kier alpha value is -3.73. The Morgan fingerprint density at radius 1 is 1.47 bits per heavy atom. The molecule has 1 saturated heterocycles. The van der Waals surface area contributed by atoms with Gasteiger partial charge in [0.25, 0.3) is 11.8 Å². The van der Waals surface area contributed by atoms with Crippen molar-refractivity contribution in [2.24, 2.45) is 12.2 Å². The minimum Gasteiger partial charge on any atom is -0.477 e. The van der Waals surface area contributed by atoms with Crippen LogP contribution in [-0.2, 0) is 26.3 Å². The minimum atomic E-state index is -1.23. The average molecular weight is 507 g/mol. The van der Waals surface area contributed by atoms with Gasteiger partial charge in [0.1, 0.15) is 30.0 Å². The number of carboxylic acids is 1. The van der Waals surface area contributed by atoms with Gasteiger partial charge in [-0.1, -0.05) is 16.9 Å². The third kappa shape index (κ3) is 4.38. The lowest BCUT2D eigenvalue weighted by atomic mass is 10.0. The number of β-lactam (4-membered cyclic amide) rings is 1. The number of carboxylic acid groups (broad SMARTS) is 1. The Kier molecular flexibility index (Phi) is 6.64. The van der Waals surface area contributed by atoms with Crippen LogP contribution in [0.25, 0.3) is 0 Å². The molecule has 0 bridgehead atoms. The highest BCUT2D eigenvalue weighted by Crippen LogP contribution is 2.41. The van der Waals surface area contributed by atoms with Gasteiger partial charge in [-0.3, -0.25) is 14.5 Å². The molecule has 0 saturated carbocycles. The number of rotatable bonds is 8. The van der Waals surface area contributed by atoms with Gasteiger partial charge in [-0.05, 0) is 22.1 Å². The maximum Gasteiger partial charge on any atom is 0.352 e. The molecule has 0 radical (unpaired) electrons. The number of tetrazole rings is 1. The fourth-order valence-electron chi connectivity index (χ4n) is 3.26. The summed E-state index contributed by atoms with van der Waals surface area (Å²) >= 11 is 2.60. The van der Waals surface area contributed by atoms with Crippen LogP contribution in [0.4, 0.5) is 5.82 Å². The van der Waals surface area contributed by atoms with Crippen molar-refractivity contribution < 1.29 is 24.3 Å². The van der Waals surface area contributed by atoms with Crippen molar-refractivity contribution in [3.63, 3.8) is 0 Å². The summed E-state index contributed by atoms with van der Waals surface area (Å²) in [5, 5.41) is 27.1. The van der Waals surface area contributed by atoms with E-state index in [1.54, 1.807) is 7.05 Å². The monoisotopic (exact) mass is 506 g/mol. The van der Waals surface area contributed by atoms with Crippen molar-refractivity contribution >= 4 is 52.8 Å². The van der Waals surface area contributed by atoms with Crippen LogP contribution < -0.4 is 11.1 Å². The zero-order valence-corrected chi connectivity index (χ0v) is 19.4. The van der Waals surface area contributed by atoms with Gasteiger partial charge in [-0.2, -0.15) is 0 Å². The van der Waals surface area contributed by atoms with E-state index < -0.39 is 29.2 Å². The lowest BCUT2D eigenvalue weighted by molar-refractivity contribution is -0.150. The van der Waals surface area contributed by atoms with E-state index in [1.165, 1.54) is 52.5 Å². The fourth-order valence-corrected chi connectivity index (χ4v) is 5.60. The molecule has 4 heterocycles. The molecule has 0 spiro atoms. The summed E-state index contributed by atoms with van der Waals surface area (Å²) in [7, 11) is 2.91. The van der Waals surface area contributed by atoms with Crippen molar-refractivity contribution in [1.82, 2.24) is 40.4 Å². The first-order chi connectivity index (χ1) is 16.3. The Morgan fingerprint density at radius 2 is 2.26 bits per heavy atom. The first kappa shape index (κ1) is 23.4. The topological polar surface area (TPSA) is 204 Å². The molecule has 2 aromatic rings. The van der Waals surface area contributed by atoms with Crippen LogP contribution in [0.2, 0.25) is 0 Å². The van der Waals surface area contributed by atoms with Crippen LogP contribution in [0.5, 0.6) is 0 Å².